The van der Waals surface area contributed by atoms with Crippen molar-refractivity contribution in [2.24, 2.45) is 0 Å². The number of aromatic nitrogens is 1. The number of ketones is 1. The first-order valence-electron chi connectivity index (χ1n) is 9.56. The molecule has 0 N–H and O–H groups in total. The van der Waals surface area contributed by atoms with E-state index in [4.69, 9.17) is 4.74 Å². The number of para-hydroxylation sites is 1. The third-order valence-corrected chi connectivity index (χ3v) is 5.17. The fraction of sp³-hybridized carbons (Fsp3) is 0.304. The van der Waals surface area contributed by atoms with E-state index in [1.54, 1.807) is 0 Å². The van der Waals surface area contributed by atoms with Crippen molar-refractivity contribution in [3.8, 4) is 0 Å². The maximum absolute atomic E-state index is 13.1. The first-order chi connectivity index (χ1) is 13.2. The van der Waals surface area contributed by atoms with Crippen molar-refractivity contribution < 1.29 is 14.3 Å². The molecule has 138 valence electrons. The van der Waals surface area contributed by atoms with Crippen LogP contribution in [0, 0.1) is 0 Å². The number of rotatable bonds is 5. The van der Waals surface area contributed by atoms with Crippen molar-refractivity contribution in [1.82, 2.24) is 4.57 Å². The summed E-state index contributed by atoms with van der Waals surface area (Å²) in [6.45, 7) is 2.66. The quantitative estimate of drug-likeness (QED) is 0.627. The number of ether oxygens (including phenoxy) is 1. The number of hydrogen-bond donors (Lipinski definition) is 0. The van der Waals surface area contributed by atoms with Crippen LogP contribution in [0.15, 0.2) is 54.6 Å². The lowest BCUT2D eigenvalue weighted by atomic mass is 9.91. The number of nitrogens with zero attached hydrogens (tertiary/aromatic N) is 1. The highest BCUT2D eigenvalue weighted by molar-refractivity contribution is 6.12. The zero-order chi connectivity index (χ0) is 18.8. The Hall–Kier alpha value is -2.88. The molecule has 0 bridgehead atoms. The smallest absolute Gasteiger partial charge is 0.306 e. The molecule has 1 heterocycles. The Labute approximate surface area is 158 Å². The molecule has 0 radical (unpaired) electrons. The zero-order valence-corrected chi connectivity index (χ0v) is 15.5. The lowest BCUT2D eigenvalue weighted by molar-refractivity contribution is -0.147. The van der Waals surface area contributed by atoms with Gasteiger partial charge in [0.25, 0.3) is 0 Å². The Balaban J connectivity index is 1.74. The van der Waals surface area contributed by atoms with E-state index in [0.717, 1.165) is 41.5 Å². The molecule has 27 heavy (non-hydrogen) atoms. The SMILES string of the molecule is CCCC(=O)OC1CCc2c(c3ccccc3n2Cc2ccccc2)C1=O. The van der Waals surface area contributed by atoms with Gasteiger partial charge >= 0.3 is 5.97 Å². The number of Topliss-reactive ketones (excluding diaryl/α,β-unsaturated/α-hetero) is 1. The fourth-order valence-electron chi connectivity index (χ4n) is 3.93. The maximum atomic E-state index is 13.1. The summed E-state index contributed by atoms with van der Waals surface area (Å²) >= 11 is 0. The summed E-state index contributed by atoms with van der Waals surface area (Å²) < 4.78 is 7.72. The number of esters is 1. The summed E-state index contributed by atoms with van der Waals surface area (Å²) in [5.74, 6) is -0.351. The van der Waals surface area contributed by atoms with Gasteiger partial charge < -0.3 is 9.30 Å². The van der Waals surface area contributed by atoms with E-state index >= 15 is 0 Å². The van der Waals surface area contributed by atoms with Crippen LogP contribution in [0.25, 0.3) is 10.9 Å². The summed E-state index contributed by atoms with van der Waals surface area (Å²) in [4.78, 5) is 25.0. The van der Waals surface area contributed by atoms with Gasteiger partial charge in [0.1, 0.15) is 0 Å². The molecule has 0 fully saturated rings. The van der Waals surface area contributed by atoms with Crippen molar-refractivity contribution in [2.75, 3.05) is 0 Å². The van der Waals surface area contributed by atoms with Gasteiger partial charge in [0.15, 0.2) is 6.10 Å². The van der Waals surface area contributed by atoms with Crippen LogP contribution in [0.3, 0.4) is 0 Å². The van der Waals surface area contributed by atoms with Crippen LogP contribution >= 0.6 is 0 Å². The topological polar surface area (TPSA) is 48.3 Å². The molecule has 1 unspecified atom stereocenters. The third kappa shape index (κ3) is 3.27. The molecule has 1 atom stereocenters. The molecule has 0 saturated heterocycles. The number of carbonyl (C=O) groups is 2. The number of fused-ring (bicyclic) bond motifs is 3. The highest BCUT2D eigenvalue weighted by atomic mass is 16.5. The first-order valence-corrected chi connectivity index (χ1v) is 9.56. The van der Waals surface area contributed by atoms with Gasteiger partial charge in [-0.15, -0.1) is 0 Å². The van der Waals surface area contributed by atoms with Crippen LogP contribution in [0.4, 0.5) is 0 Å². The second kappa shape index (κ2) is 7.39. The van der Waals surface area contributed by atoms with Crippen molar-refractivity contribution in [1.29, 1.82) is 0 Å². The van der Waals surface area contributed by atoms with E-state index in [9.17, 15) is 9.59 Å². The van der Waals surface area contributed by atoms with Crippen LogP contribution in [0.5, 0.6) is 0 Å². The minimum atomic E-state index is -0.660. The van der Waals surface area contributed by atoms with Gasteiger partial charge in [0, 0.05) is 29.6 Å². The molecular weight excluding hydrogens is 338 g/mol. The van der Waals surface area contributed by atoms with Gasteiger partial charge in [-0.3, -0.25) is 9.59 Å². The van der Waals surface area contributed by atoms with Crippen molar-refractivity contribution in [3.05, 3.63) is 71.4 Å². The molecule has 4 rings (SSSR count). The van der Waals surface area contributed by atoms with E-state index in [0.29, 0.717) is 12.8 Å². The van der Waals surface area contributed by atoms with Gasteiger partial charge in [-0.2, -0.15) is 0 Å². The minimum Gasteiger partial charge on any atom is -0.454 e. The van der Waals surface area contributed by atoms with E-state index < -0.39 is 6.10 Å². The van der Waals surface area contributed by atoms with E-state index in [1.165, 1.54) is 5.56 Å². The Morgan fingerprint density at radius 2 is 1.85 bits per heavy atom. The Morgan fingerprint density at radius 3 is 2.63 bits per heavy atom. The summed E-state index contributed by atoms with van der Waals surface area (Å²) in [5.41, 5.74) is 4.03. The number of hydrogen-bond acceptors (Lipinski definition) is 3. The normalized spacial score (nSPS) is 16.3. The van der Waals surface area contributed by atoms with Gasteiger partial charge in [-0.25, -0.2) is 0 Å². The largest absolute Gasteiger partial charge is 0.454 e. The van der Waals surface area contributed by atoms with Crippen LogP contribution < -0.4 is 0 Å². The van der Waals surface area contributed by atoms with Gasteiger partial charge in [-0.1, -0.05) is 55.5 Å². The zero-order valence-electron chi connectivity index (χ0n) is 15.5. The minimum absolute atomic E-state index is 0.0660. The summed E-state index contributed by atoms with van der Waals surface area (Å²) in [6, 6.07) is 18.3. The average Bonchev–Trinajstić information content (AvgIpc) is 3.00. The first kappa shape index (κ1) is 17.5. The van der Waals surface area contributed by atoms with Crippen molar-refractivity contribution in [2.45, 2.75) is 45.3 Å². The van der Waals surface area contributed by atoms with E-state index in [2.05, 4.69) is 22.8 Å². The molecule has 0 spiro atoms. The van der Waals surface area contributed by atoms with Crippen LogP contribution in [-0.4, -0.2) is 22.4 Å². The maximum Gasteiger partial charge on any atom is 0.306 e. The predicted octanol–water partition coefficient (Wildman–Crippen LogP) is 4.53. The molecule has 4 nitrogen and oxygen atoms in total. The number of carbonyl (C=O) groups excluding carboxylic acids is 2. The highest BCUT2D eigenvalue weighted by Crippen LogP contribution is 2.34. The van der Waals surface area contributed by atoms with Crippen LogP contribution in [0.1, 0.15) is 47.8 Å². The second-order valence-corrected chi connectivity index (χ2v) is 7.04. The molecule has 1 aliphatic carbocycles. The van der Waals surface area contributed by atoms with Gasteiger partial charge in [-0.05, 0) is 30.9 Å². The Bertz CT molecular complexity index is 988. The molecule has 0 aliphatic heterocycles. The Kier molecular flexibility index (Phi) is 4.80. The molecule has 2 aromatic carbocycles. The summed E-state index contributed by atoms with van der Waals surface area (Å²) in [7, 11) is 0. The molecule has 1 aromatic heterocycles. The standard InChI is InChI=1S/C23H23NO3/c1-2-8-21(25)27-20-14-13-19-22(23(20)26)17-11-6-7-12-18(17)24(19)15-16-9-4-3-5-10-16/h3-7,9-12,20H,2,8,13-15H2,1H3. The van der Waals surface area contributed by atoms with Crippen LogP contribution in [0.2, 0.25) is 0 Å². The molecule has 4 heteroatoms. The van der Waals surface area contributed by atoms with Crippen molar-refractivity contribution in [3.63, 3.8) is 0 Å². The monoisotopic (exact) mass is 361 g/mol. The second-order valence-electron chi connectivity index (χ2n) is 7.04. The fourth-order valence-corrected chi connectivity index (χ4v) is 3.93. The van der Waals surface area contributed by atoms with Gasteiger partial charge in [0.05, 0.1) is 5.56 Å². The molecule has 1 aliphatic rings. The Morgan fingerprint density at radius 1 is 1.11 bits per heavy atom. The summed E-state index contributed by atoms with van der Waals surface area (Å²) in [5, 5.41) is 0.949. The van der Waals surface area contributed by atoms with E-state index in [1.807, 2.05) is 43.3 Å². The predicted molar refractivity (Wildman–Crippen MR) is 105 cm³/mol. The third-order valence-electron chi connectivity index (χ3n) is 5.17. The molecule has 0 saturated carbocycles. The lowest BCUT2D eigenvalue weighted by Crippen LogP contribution is -2.32. The van der Waals surface area contributed by atoms with Crippen molar-refractivity contribution >= 4 is 22.7 Å². The lowest BCUT2D eigenvalue weighted by Gasteiger charge is -2.23. The number of benzene rings is 2. The molecule has 3 aromatic rings. The molecule has 0 amide bonds. The van der Waals surface area contributed by atoms with Crippen LogP contribution in [-0.2, 0) is 22.5 Å². The van der Waals surface area contributed by atoms with Gasteiger partial charge in [0.2, 0.25) is 5.78 Å². The summed E-state index contributed by atoms with van der Waals surface area (Å²) in [6.07, 6.45) is 1.69. The average molecular weight is 361 g/mol. The molecular formula is C23H23NO3. The highest BCUT2D eigenvalue weighted by Gasteiger charge is 2.34. The van der Waals surface area contributed by atoms with E-state index in [-0.39, 0.29) is 11.8 Å².